The molecular formula is C12H17N3O. The van der Waals surface area contributed by atoms with Crippen molar-refractivity contribution in [1.82, 2.24) is 9.97 Å². The highest BCUT2D eigenvalue weighted by Gasteiger charge is 2.29. The molecule has 16 heavy (non-hydrogen) atoms. The molecule has 0 saturated heterocycles. The van der Waals surface area contributed by atoms with E-state index in [1.807, 2.05) is 20.8 Å². The summed E-state index contributed by atoms with van der Waals surface area (Å²) in [4.78, 5) is 20.4. The summed E-state index contributed by atoms with van der Waals surface area (Å²) in [6, 6.07) is 0. The number of carbonyl (C=O) groups is 1. The molecule has 0 aromatic carbocycles. The Bertz CT molecular complexity index is 446. The van der Waals surface area contributed by atoms with Gasteiger partial charge in [-0.1, -0.05) is 20.8 Å². The molecule has 86 valence electrons. The summed E-state index contributed by atoms with van der Waals surface area (Å²) in [5.41, 5.74) is 7.85. The number of fused-ring (bicyclic) bond motifs is 1. The van der Waals surface area contributed by atoms with Crippen LogP contribution in [0.25, 0.3) is 0 Å². The average molecular weight is 219 g/mol. The predicted molar refractivity (Wildman–Crippen MR) is 62.4 cm³/mol. The maximum absolute atomic E-state index is 11.9. The number of Topliss-reactive ketones (excluding diaryl/α,β-unsaturated/α-hetero) is 1. The first kappa shape index (κ1) is 11.0. The van der Waals surface area contributed by atoms with Gasteiger partial charge in [-0.05, 0) is 12.8 Å². The van der Waals surface area contributed by atoms with Gasteiger partial charge >= 0.3 is 0 Å². The molecule has 2 rings (SSSR count). The Morgan fingerprint density at radius 2 is 1.88 bits per heavy atom. The summed E-state index contributed by atoms with van der Waals surface area (Å²) in [5, 5.41) is 0. The molecule has 1 aliphatic carbocycles. The van der Waals surface area contributed by atoms with E-state index in [9.17, 15) is 4.79 Å². The number of nitrogen functional groups attached to an aromatic ring is 1. The number of hydrogen-bond donors (Lipinski definition) is 1. The first-order valence-corrected chi connectivity index (χ1v) is 5.59. The third-order valence-electron chi connectivity index (χ3n) is 2.81. The largest absolute Gasteiger partial charge is 0.368 e. The van der Waals surface area contributed by atoms with Crippen LogP contribution in [0.1, 0.15) is 55.4 Å². The van der Waals surface area contributed by atoms with Crippen LogP contribution in [0.15, 0.2) is 0 Å². The zero-order valence-corrected chi connectivity index (χ0v) is 10.0. The minimum atomic E-state index is -0.172. The zero-order valence-electron chi connectivity index (χ0n) is 10.0. The molecule has 0 fully saturated rings. The lowest BCUT2D eigenvalue weighted by Crippen LogP contribution is -2.25. The van der Waals surface area contributed by atoms with Crippen molar-refractivity contribution in [2.75, 3.05) is 5.73 Å². The summed E-state index contributed by atoms with van der Waals surface area (Å²) >= 11 is 0. The van der Waals surface area contributed by atoms with Crippen molar-refractivity contribution >= 4 is 11.7 Å². The molecular weight excluding hydrogens is 202 g/mol. The summed E-state index contributed by atoms with van der Waals surface area (Å²) in [6.45, 7) is 6.12. The van der Waals surface area contributed by atoms with Crippen molar-refractivity contribution in [2.45, 2.75) is 45.4 Å². The lowest BCUT2D eigenvalue weighted by molar-refractivity contribution is 0.0968. The minimum absolute atomic E-state index is 0.158. The third kappa shape index (κ3) is 1.79. The maximum atomic E-state index is 11.9. The molecule has 4 nitrogen and oxygen atoms in total. The fourth-order valence-corrected chi connectivity index (χ4v) is 2.08. The van der Waals surface area contributed by atoms with Crippen molar-refractivity contribution in [2.24, 2.45) is 0 Å². The third-order valence-corrected chi connectivity index (χ3v) is 2.81. The summed E-state index contributed by atoms with van der Waals surface area (Å²) in [5.74, 6) is 0.435. The van der Waals surface area contributed by atoms with Crippen LogP contribution in [0.2, 0.25) is 0 Å². The lowest BCUT2D eigenvalue weighted by Gasteiger charge is -2.24. The molecule has 2 N–H and O–H groups in total. The topological polar surface area (TPSA) is 68.9 Å². The molecule has 0 aliphatic heterocycles. The predicted octanol–water partition coefficient (Wildman–Crippen LogP) is 1.88. The number of ketones is 1. The van der Waals surface area contributed by atoms with E-state index in [-0.39, 0.29) is 17.1 Å². The van der Waals surface area contributed by atoms with E-state index in [1.165, 1.54) is 0 Å². The van der Waals surface area contributed by atoms with Crippen LogP contribution in [0.4, 0.5) is 5.95 Å². The van der Waals surface area contributed by atoms with E-state index < -0.39 is 0 Å². The average Bonchev–Trinajstić information content (AvgIpc) is 2.15. The lowest BCUT2D eigenvalue weighted by atomic mass is 9.83. The molecule has 1 aromatic heterocycles. The Labute approximate surface area is 95.3 Å². The zero-order chi connectivity index (χ0) is 11.9. The van der Waals surface area contributed by atoms with E-state index in [1.54, 1.807) is 0 Å². The molecule has 1 heterocycles. The fraction of sp³-hybridized carbons (Fsp3) is 0.583. The molecule has 1 aromatic rings. The Morgan fingerprint density at radius 1 is 1.19 bits per heavy atom. The van der Waals surface area contributed by atoms with Gasteiger partial charge in [0.2, 0.25) is 5.95 Å². The van der Waals surface area contributed by atoms with Crippen molar-refractivity contribution in [3.63, 3.8) is 0 Å². The van der Waals surface area contributed by atoms with Crippen molar-refractivity contribution in [1.29, 1.82) is 0 Å². The van der Waals surface area contributed by atoms with E-state index >= 15 is 0 Å². The molecule has 0 unspecified atom stereocenters. The van der Waals surface area contributed by atoms with Gasteiger partial charge in [-0.2, -0.15) is 0 Å². The molecule has 0 atom stereocenters. The van der Waals surface area contributed by atoms with Crippen LogP contribution >= 0.6 is 0 Å². The highest BCUT2D eigenvalue weighted by atomic mass is 16.1. The highest BCUT2D eigenvalue weighted by Crippen LogP contribution is 2.30. The van der Waals surface area contributed by atoms with Crippen LogP contribution in [0.5, 0.6) is 0 Å². The van der Waals surface area contributed by atoms with Gasteiger partial charge in [0.25, 0.3) is 0 Å². The quantitative estimate of drug-likeness (QED) is 0.723. The summed E-state index contributed by atoms with van der Waals surface area (Å²) in [7, 11) is 0. The van der Waals surface area contributed by atoms with Crippen molar-refractivity contribution < 1.29 is 4.79 Å². The Hall–Kier alpha value is -1.45. The molecule has 1 aliphatic rings. The molecule has 0 radical (unpaired) electrons. The van der Waals surface area contributed by atoms with Crippen LogP contribution < -0.4 is 5.73 Å². The molecule has 0 saturated carbocycles. The highest BCUT2D eigenvalue weighted by molar-refractivity contribution is 5.99. The van der Waals surface area contributed by atoms with Gasteiger partial charge in [0, 0.05) is 11.8 Å². The Morgan fingerprint density at radius 3 is 2.50 bits per heavy atom. The van der Waals surface area contributed by atoms with E-state index in [0.29, 0.717) is 12.0 Å². The standard InChI is InChI=1S/C12H17N3O/c1-12(2,3)10-9-7(14-11(13)15-10)5-4-6-8(9)16/h4-6H2,1-3H3,(H2,13,14,15). The number of anilines is 1. The molecule has 0 bridgehead atoms. The number of aryl methyl sites for hydroxylation is 1. The van der Waals surface area contributed by atoms with Crippen molar-refractivity contribution in [3.05, 3.63) is 17.0 Å². The molecule has 0 spiro atoms. The van der Waals surface area contributed by atoms with E-state index in [4.69, 9.17) is 5.73 Å². The van der Waals surface area contributed by atoms with E-state index in [0.717, 1.165) is 24.2 Å². The second kappa shape index (κ2) is 3.54. The van der Waals surface area contributed by atoms with E-state index in [2.05, 4.69) is 9.97 Å². The van der Waals surface area contributed by atoms with Gasteiger partial charge in [0.15, 0.2) is 5.78 Å². The molecule has 0 amide bonds. The SMILES string of the molecule is CC(C)(C)c1nc(N)nc2c1C(=O)CCC2. The smallest absolute Gasteiger partial charge is 0.220 e. The number of rotatable bonds is 0. The Kier molecular flexibility index (Phi) is 2.45. The van der Waals surface area contributed by atoms with Crippen LogP contribution in [-0.4, -0.2) is 15.8 Å². The van der Waals surface area contributed by atoms with Crippen LogP contribution in [-0.2, 0) is 11.8 Å². The van der Waals surface area contributed by atoms with Gasteiger partial charge in [-0.3, -0.25) is 4.79 Å². The normalized spacial score (nSPS) is 16.1. The summed E-state index contributed by atoms with van der Waals surface area (Å²) in [6.07, 6.45) is 2.30. The molecule has 4 heteroatoms. The van der Waals surface area contributed by atoms with Gasteiger partial charge in [-0.15, -0.1) is 0 Å². The fourth-order valence-electron chi connectivity index (χ4n) is 2.08. The minimum Gasteiger partial charge on any atom is -0.368 e. The van der Waals surface area contributed by atoms with Gasteiger partial charge in [-0.25, -0.2) is 9.97 Å². The number of hydrogen-bond acceptors (Lipinski definition) is 4. The monoisotopic (exact) mass is 219 g/mol. The second-order valence-electron chi connectivity index (χ2n) is 5.28. The number of nitrogens with two attached hydrogens (primary N) is 1. The van der Waals surface area contributed by atoms with Crippen LogP contribution in [0, 0.1) is 0 Å². The first-order chi connectivity index (χ1) is 7.39. The number of carbonyl (C=O) groups excluding carboxylic acids is 1. The van der Waals surface area contributed by atoms with Gasteiger partial charge in [0.05, 0.1) is 17.0 Å². The summed E-state index contributed by atoms with van der Waals surface area (Å²) < 4.78 is 0. The second-order valence-corrected chi connectivity index (χ2v) is 5.28. The number of aromatic nitrogens is 2. The first-order valence-electron chi connectivity index (χ1n) is 5.59. The van der Waals surface area contributed by atoms with Crippen molar-refractivity contribution in [3.8, 4) is 0 Å². The number of nitrogens with zero attached hydrogens (tertiary/aromatic N) is 2. The van der Waals surface area contributed by atoms with Crippen LogP contribution in [0.3, 0.4) is 0 Å². The Balaban J connectivity index is 2.68. The van der Waals surface area contributed by atoms with Gasteiger partial charge in [0.1, 0.15) is 0 Å². The maximum Gasteiger partial charge on any atom is 0.220 e. The van der Waals surface area contributed by atoms with Gasteiger partial charge < -0.3 is 5.73 Å².